The van der Waals surface area contributed by atoms with Crippen LogP contribution in [-0.4, -0.2) is 76.2 Å². The molecule has 5 N–H and O–H groups in total. The molecule has 2 atom stereocenters. The molecule has 12 nitrogen and oxygen atoms in total. The number of aromatic nitrogens is 2. The van der Waals surface area contributed by atoms with Crippen LogP contribution in [0.4, 0.5) is 14.5 Å². The van der Waals surface area contributed by atoms with E-state index in [1.54, 1.807) is 6.07 Å². The van der Waals surface area contributed by atoms with Gasteiger partial charge in [-0.2, -0.15) is 9.65 Å². The number of rotatable bonds is 10. The Labute approximate surface area is 250 Å². The van der Waals surface area contributed by atoms with Crippen LogP contribution in [0.3, 0.4) is 0 Å². The van der Waals surface area contributed by atoms with Crippen molar-refractivity contribution < 1.29 is 33.0 Å². The van der Waals surface area contributed by atoms with Gasteiger partial charge < -0.3 is 30.8 Å². The van der Waals surface area contributed by atoms with Crippen molar-refractivity contribution in [2.24, 2.45) is 18.7 Å². The summed E-state index contributed by atoms with van der Waals surface area (Å²) >= 11 is 6.31. The zero-order valence-electron chi connectivity index (χ0n) is 22.9. The predicted octanol–water partition coefficient (Wildman–Crippen LogP) is 2.07. The molecule has 2 aromatic carbocycles. The topological polar surface area (TPSA) is 176 Å². The number of aliphatic hydroxyl groups excluding tert-OH is 1. The Morgan fingerprint density at radius 1 is 1.23 bits per heavy atom. The molecular weight excluding hydrogens is 588 g/mol. The molecule has 15 heteroatoms. The molecule has 2 unspecified atom stereocenters. The van der Waals surface area contributed by atoms with E-state index < -0.39 is 53.7 Å². The average Bonchev–Trinajstić information content (AvgIpc) is 3.34. The molecule has 0 spiro atoms. The molecular formula is C28H28ClF2N7O5. The first-order valence-corrected chi connectivity index (χ1v) is 13.5. The number of nitriles is 1. The molecule has 0 radical (unpaired) electrons. The molecule has 3 aromatic rings. The molecule has 2 heterocycles. The van der Waals surface area contributed by atoms with Gasteiger partial charge >= 0.3 is 0 Å². The Bertz CT molecular complexity index is 1590. The highest BCUT2D eigenvalue weighted by Gasteiger charge is 2.31. The van der Waals surface area contributed by atoms with Crippen LogP contribution in [0.1, 0.15) is 27.4 Å². The Morgan fingerprint density at radius 3 is 2.67 bits per heavy atom. The van der Waals surface area contributed by atoms with Crippen molar-refractivity contribution in [3.8, 4) is 23.1 Å². The van der Waals surface area contributed by atoms with Crippen LogP contribution in [0, 0.1) is 28.9 Å². The highest BCUT2D eigenvalue weighted by molar-refractivity contribution is 6.34. The van der Waals surface area contributed by atoms with Gasteiger partial charge in [0.05, 0.1) is 34.5 Å². The van der Waals surface area contributed by atoms with E-state index in [9.17, 15) is 28.3 Å². The van der Waals surface area contributed by atoms with Crippen molar-refractivity contribution >= 4 is 35.0 Å². The van der Waals surface area contributed by atoms with E-state index in [0.717, 1.165) is 0 Å². The number of carbonyl (C=O) groups excluding carboxylic acids is 3. The number of primary amides is 1. The fourth-order valence-electron chi connectivity index (χ4n) is 4.74. The summed E-state index contributed by atoms with van der Waals surface area (Å²) in [7, 11) is 1.45. The lowest BCUT2D eigenvalue weighted by Crippen LogP contribution is -2.49. The molecule has 1 aliphatic heterocycles. The van der Waals surface area contributed by atoms with Crippen molar-refractivity contribution in [3.05, 3.63) is 64.6 Å². The maximum absolute atomic E-state index is 14.7. The SMILES string of the molecule is Cn1c(-c2ccc(OCC#N)c(F)c2F)cnc1C(=O)Nc1ccc(C(=O)NCCN2CCC(C(N)=O)C(O)C2)c(Cl)c1. The first-order chi connectivity index (χ1) is 20.5. The number of β-amino-alcohol motifs (C(OH)–C–C–N with tert-alkyl or cyclic N) is 1. The van der Waals surface area contributed by atoms with Gasteiger partial charge in [-0.15, -0.1) is 0 Å². The summed E-state index contributed by atoms with van der Waals surface area (Å²) in [6.07, 6.45) is 0.789. The van der Waals surface area contributed by atoms with Gasteiger partial charge in [0.2, 0.25) is 11.7 Å². The number of halogens is 3. The summed E-state index contributed by atoms with van der Waals surface area (Å²) < 4.78 is 35.3. The van der Waals surface area contributed by atoms with Gasteiger partial charge in [-0.05, 0) is 43.3 Å². The first kappa shape index (κ1) is 31.4. The minimum absolute atomic E-state index is 0.0739. The minimum atomic E-state index is -1.28. The summed E-state index contributed by atoms with van der Waals surface area (Å²) in [5.41, 5.74) is 5.68. The standard InChI is InChI=1S/C28H28ClF2N7O5/c1-37-20(17-4-5-22(43-11-7-32)24(31)23(17)30)13-35-26(37)28(42)36-15-2-3-16(19(29)12-15)27(41)34-8-10-38-9-6-18(25(33)40)21(39)14-38/h2-5,12-13,18,21,39H,6,8-11,14H2,1H3,(H2,33,40)(H,34,41)(H,36,42). The molecule has 1 aromatic heterocycles. The molecule has 0 bridgehead atoms. The maximum atomic E-state index is 14.7. The van der Waals surface area contributed by atoms with E-state index in [1.165, 1.54) is 48.1 Å². The molecule has 226 valence electrons. The highest BCUT2D eigenvalue weighted by atomic mass is 35.5. The van der Waals surface area contributed by atoms with E-state index in [2.05, 4.69) is 15.6 Å². The highest BCUT2D eigenvalue weighted by Crippen LogP contribution is 2.30. The first-order valence-electron chi connectivity index (χ1n) is 13.1. The number of nitrogens with zero attached hydrogens (tertiary/aromatic N) is 4. The average molecular weight is 616 g/mol. The number of hydrogen-bond donors (Lipinski definition) is 4. The second kappa shape index (κ2) is 13.6. The largest absolute Gasteiger partial charge is 0.476 e. The van der Waals surface area contributed by atoms with E-state index in [-0.39, 0.29) is 46.4 Å². The monoisotopic (exact) mass is 615 g/mol. The number of benzene rings is 2. The van der Waals surface area contributed by atoms with Gasteiger partial charge in [0.25, 0.3) is 11.8 Å². The quantitative estimate of drug-likeness (QED) is 0.268. The molecule has 4 rings (SSSR count). The summed E-state index contributed by atoms with van der Waals surface area (Å²) in [6, 6.07) is 8.40. The van der Waals surface area contributed by atoms with Crippen LogP contribution in [0.5, 0.6) is 5.75 Å². The number of hydrogen-bond acceptors (Lipinski definition) is 8. The van der Waals surface area contributed by atoms with E-state index in [4.69, 9.17) is 27.3 Å². The lowest BCUT2D eigenvalue weighted by molar-refractivity contribution is -0.128. The molecule has 0 aliphatic carbocycles. The third-order valence-electron chi connectivity index (χ3n) is 7.02. The Morgan fingerprint density at radius 2 is 2.00 bits per heavy atom. The van der Waals surface area contributed by atoms with Crippen LogP contribution in [0.2, 0.25) is 5.02 Å². The number of anilines is 1. The number of carbonyl (C=O) groups is 3. The van der Waals surface area contributed by atoms with Crippen molar-refractivity contribution in [2.75, 3.05) is 38.1 Å². The molecule has 1 fully saturated rings. The van der Waals surface area contributed by atoms with E-state index in [0.29, 0.717) is 19.5 Å². The van der Waals surface area contributed by atoms with Gasteiger partial charge in [0.1, 0.15) is 6.07 Å². The predicted molar refractivity (Wildman–Crippen MR) is 151 cm³/mol. The summed E-state index contributed by atoms with van der Waals surface area (Å²) in [4.78, 5) is 42.9. The Balaban J connectivity index is 1.36. The fraction of sp³-hybridized carbons (Fsp3) is 0.321. The van der Waals surface area contributed by atoms with Gasteiger partial charge in [-0.25, -0.2) is 9.37 Å². The summed E-state index contributed by atoms with van der Waals surface area (Å²) in [6.45, 7) is 1.09. The Hall–Kier alpha value is -4.58. The van der Waals surface area contributed by atoms with Crippen molar-refractivity contribution in [2.45, 2.75) is 12.5 Å². The fourth-order valence-corrected chi connectivity index (χ4v) is 5.01. The smallest absolute Gasteiger partial charge is 0.291 e. The van der Waals surface area contributed by atoms with Crippen LogP contribution in [0.25, 0.3) is 11.3 Å². The number of imidazole rings is 1. The number of nitrogens with two attached hydrogens (primary N) is 1. The number of likely N-dealkylation sites (tertiary alicyclic amines) is 1. The lowest BCUT2D eigenvalue weighted by atomic mass is 9.93. The summed E-state index contributed by atoms with van der Waals surface area (Å²) in [5.74, 6) is -5.25. The van der Waals surface area contributed by atoms with Crippen LogP contribution < -0.4 is 21.1 Å². The van der Waals surface area contributed by atoms with Gasteiger partial charge in [-0.1, -0.05) is 11.6 Å². The number of aliphatic hydroxyl groups is 1. The molecule has 1 saturated heterocycles. The molecule has 0 saturated carbocycles. The van der Waals surface area contributed by atoms with Gasteiger partial charge in [0.15, 0.2) is 24.0 Å². The summed E-state index contributed by atoms with van der Waals surface area (Å²) in [5, 5.41) is 24.1. The van der Waals surface area contributed by atoms with Crippen molar-refractivity contribution in [3.63, 3.8) is 0 Å². The van der Waals surface area contributed by atoms with E-state index in [1.807, 2.05) is 4.90 Å². The molecule has 1 aliphatic rings. The van der Waals surface area contributed by atoms with Crippen LogP contribution >= 0.6 is 11.6 Å². The van der Waals surface area contributed by atoms with Crippen molar-refractivity contribution in [1.29, 1.82) is 5.26 Å². The molecule has 43 heavy (non-hydrogen) atoms. The zero-order chi connectivity index (χ0) is 31.3. The number of nitrogens with one attached hydrogen (secondary N) is 2. The number of ether oxygens (including phenoxy) is 1. The van der Waals surface area contributed by atoms with E-state index >= 15 is 0 Å². The second-order valence-electron chi connectivity index (χ2n) is 9.78. The number of amides is 3. The van der Waals surface area contributed by atoms with Gasteiger partial charge in [-0.3, -0.25) is 19.3 Å². The van der Waals surface area contributed by atoms with Crippen molar-refractivity contribution in [1.82, 2.24) is 19.8 Å². The molecule has 3 amide bonds. The number of piperidine rings is 1. The normalized spacial score (nSPS) is 16.7. The van der Waals surface area contributed by atoms with Crippen LogP contribution in [-0.2, 0) is 11.8 Å². The third kappa shape index (κ3) is 7.08. The third-order valence-corrected chi connectivity index (χ3v) is 7.34. The zero-order valence-corrected chi connectivity index (χ0v) is 23.7. The lowest BCUT2D eigenvalue weighted by Gasteiger charge is -2.34. The second-order valence-corrected chi connectivity index (χ2v) is 10.2. The Kier molecular flexibility index (Phi) is 9.92. The van der Waals surface area contributed by atoms with Crippen LogP contribution in [0.15, 0.2) is 36.5 Å². The van der Waals surface area contributed by atoms with Gasteiger partial charge in [0, 0.05) is 37.9 Å². The maximum Gasteiger partial charge on any atom is 0.291 e. The minimum Gasteiger partial charge on any atom is -0.476 e.